The molecule has 1 saturated carbocycles. The third kappa shape index (κ3) is 7.73. The Morgan fingerprint density at radius 1 is 1.33 bits per heavy atom. The molecule has 0 amide bonds. The Bertz CT molecular complexity index is 117. The fraction of sp³-hybridized carbons (Fsp3) is 0.900. The van der Waals surface area contributed by atoms with Crippen LogP contribution in [0.2, 0.25) is 0 Å². The van der Waals surface area contributed by atoms with Crippen molar-refractivity contribution in [2.45, 2.75) is 46.0 Å². The fourth-order valence-corrected chi connectivity index (χ4v) is 1.31. The second kappa shape index (κ2) is 7.29. The van der Waals surface area contributed by atoms with Crippen LogP contribution in [-0.2, 0) is 4.79 Å². The Balaban J connectivity index is 0.000000217. The number of ketones is 1. The van der Waals surface area contributed by atoms with E-state index >= 15 is 0 Å². The first-order valence-electron chi connectivity index (χ1n) is 4.86. The van der Waals surface area contributed by atoms with E-state index in [0.29, 0.717) is 0 Å². The van der Waals surface area contributed by atoms with E-state index in [2.05, 4.69) is 6.92 Å². The van der Waals surface area contributed by atoms with Crippen LogP contribution in [0.25, 0.3) is 0 Å². The number of hydrogen-bond acceptors (Lipinski definition) is 2. The van der Waals surface area contributed by atoms with Crippen LogP contribution in [0.1, 0.15) is 46.0 Å². The van der Waals surface area contributed by atoms with Gasteiger partial charge in [-0.05, 0) is 12.8 Å². The molecule has 0 unspecified atom stereocenters. The first-order valence-corrected chi connectivity index (χ1v) is 4.86. The second-order valence-corrected chi connectivity index (χ2v) is 3.65. The molecule has 2 nitrogen and oxygen atoms in total. The average molecular weight is 171 g/mol. The van der Waals surface area contributed by atoms with Gasteiger partial charge in [-0.3, -0.25) is 4.79 Å². The zero-order valence-electron chi connectivity index (χ0n) is 8.31. The summed E-state index contributed by atoms with van der Waals surface area (Å²) in [5, 5.41) is 0. The van der Waals surface area contributed by atoms with Crippen LogP contribution in [-0.4, -0.2) is 12.3 Å². The molecule has 0 radical (unpaired) electrons. The lowest BCUT2D eigenvalue weighted by molar-refractivity contribution is -0.115. The van der Waals surface area contributed by atoms with Gasteiger partial charge in [-0.15, -0.1) is 0 Å². The van der Waals surface area contributed by atoms with Crippen molar-refractivity contribution >= 4 is 5.78 Å². The molecular formula is C10H21NO. The summed E-state index contributed by atoms with van der Waals surface area (Å²) in [5.41, 5.74) is 4.82. The molecule has 0 aliphatic heterocycles. The molecule has 1 rings (SSSR count). The number of carbonyl (C=O) groups is 1. The normalized spacial score (nSPS) is 17.9. The van der Waals surface area contributed by atoms with Crippen molar-refractivity contribution < 1.29 is 4.79 Å². The number of nitrogens with two attached hydrogens (primary N) is 1. The van der Waals surface area contributed by atoms with Crippen LogP contribution in [0.4, 0.5) is 0 Å². The van der Waals surface area contributed by atoms with Gasteiger partial charge in [0.25, 0.3) is 0 Å². The molecule has 12 heavy (non-hydrogen) atoms. The minimum Gasteiger partial charge on any atom is -0.324 e. The van der Waals surface area contributed by atoms with Gasteiger partial charge in [0.15, 0.2) is 0 Å². The summed E-state index contributed by atoms with van der Waals surface area (Å²) < 4.78 is 0. The Hall–Kier alpha value is -0.370. The average Bonchev–Trinajstić information content (AvgIpc) is 2.07. The summed E-state index contributed by atoms with van der Waals surface area (Å²) in [5.74, 6) is 1.07. The van der Waals surface area contributed by atoms with Crippen molar-refractivity contribution in [2.24, 2.45) is 11.7 Å². The van der Waals surface area contributed by atoms with Crippen molar-refractivity contribution in [1.82, 2.24) is 0 Å². The predicted octanol–water partition coefficient (Wildman–Crippen LogP) is 2.12. The highest BCUT2D eigenvalue weighted by molar-refractivity contribution is 5.77. The number of Topliss-reactive ketones (excluding diaryl/α,β-unsaturated/α-hetero) is 1. The van der Waals surface area contributed by atoms with Crippen LogP contribution < -0.4 is 5.73 Å². The van der Waals surface area contributed by atoms with Crippen LogP contribution in [0.5, 0.6) is 0 Å². The summed E-state index contributed by atoms with van der Waals surface area (Å²) in [7, 11) is 0. The lowest BCUT2D eigenvalue weighted by Crippen LogP contribution is -2.07. The Morgan fingerprint density at radius 3 is 1.92 bits per heavy atom. The number of hydrogen-bond donors (Lipinski definition) is 1. The van der Waals surface area contributed by atoms with E-state index in [4.69, 9.17) is 5.73 Å². The van der Waals surface area contributed by atoms with Crippen molar-refractivity contribution in [2.75, 3.05) is 6.54 Å². The summed E-state index contributed by atoms with van der Waals surface area (Å²) in [6.45, 7) is 3.99. The maximum absolute atomic E-state index is 9.69. The van der Waals surface area contributed by atoms with Crippen LogP contribution in [0, 0.1) is 5.92 Å². The molecule has 2 heteroatoms. The van der Waals surface area contributed by atoms with E-state index < -0.39 is 0 Å². The van der Waals surface area contributed by atoms with Crippen LogP contribution in [0.3, 0.4) is 0 Å². The lowest BCUT2D eigenvalue weighted by atomic mass is 9.91. The first kappa shape index (κ1) is 11.6. The summed E-state index contributed by atoms with van der Waals surface area (Å²) in [4.78, 5) is 9.69. The van der Waals surface area contributed by atoms with Gasteiger partial charge in [-0.25, -0.2) is 0 Å². The maximum Gasteiger partial charge on any atom is 0.143 e. The van der Waals surface area contributed by atoms with Gasteiger partial charge >= 0.3 is 0 Å². The van der Waals surface area contributed by atoms with Crippen molar-refractivity contribution in [3.05, 3.63) is 0 Å². The Labute approximate surface area is 75.5 Å². The van der Waals surface area contributed by atoms with Gasteiger partial charge in [0.2, 0.25) is 0 Å². The first-order chi connectivity index (χ1) is 5.66. The second-order valence-electron chi connectivity index (χ2n) is 3.65. The molecule has 0 saturated heterocycles. The van der Waals surface area contributed by atoms with Gasteiger partial charge in [-0.1, -0.05) is 39.0 Å². The van der Waals surface area contributed by atoms with Gasteiger partial charge < -0.3 is 5.73 Å². The number of rotatable bonds is 1. The highest BCUT2D eigenvalue weighted by atomic mass is 16.1. The van der Waals surface area contributed by atoms with Crippen molar-refractivity contribution in [3.8, 4) is 0 Å². The van der Waals surface area contributed by atoms with E-state index in [0.717, 1.165) is 5.92 Å². The minimum atomic E-state index is 0.0324. The molecule has 2 N–H and O–H groups in total. The van der Waals surface area contributed by atoms with Gasteiger partial charge in [0.1, 0.15) is 5.78 Å². The predicted molar refractivity (Wildman–Crippen MR) is 52.0 cm³/mol. The van der Waals surface area contributed by atoms with E-state index in [1.807, 2.05) is 0 Å². The van der Waals surface area contributed by atoms with Gasteiger partial charge in [0, 0.05) is 0 Å². The molecule has 1 fully saturated rings. The maximum atomic E-state index is 9.69. The summed E-state index contributed by atoms with van der Waals surface area (Å²) in [6.07, 6.45) is 7.44. The third-order valence-electron chi connectivity index (χ3n) is 2.18. The molecule has 0 heterocycles. The minimum absolute atomic E-state index is 0.0324. The summed E-state index contributed by atoms with van der Waals surface area (Å²) >= 11 is 0. The zero-order valence-corrected chi connectivity index (χ0v) is 8.31. The van der Waals surface area contributed by atoms with E-state index in [1.54, 1.807) is 0 Å². The van der Waals surface area contributed by atoms with E-state index in [9.17, 15) is 4.79 Å². The molecule has 0 atom stereocenters. The standard InChI is InChI=1S/C7H14.C3H7NO/c1-7-5-3-2-4-6-7;1-3(5)2-4/h7H,2-6H2,1H3;2,4H2,1H3. The Morgan fingerprint density at radius 2 is 1.75 bits per heavy atom. The molecular weight excluding hydrogens is 150 g/mol. The molecule has 1 aliphatic carbocycles. The number of carbonyl (C=O) groups excluding carboxylic acids is 1. The highest BCUT2D eigenvalue weighted by Gasteiger charge is 2.05. The molecule has 0 spiro atoms. The molecule has 0 aromatic heterocycles. The molecule has 0 bridgehead atoms. The SMILES string of the molecule is CC(=O)CN.CC1CCCCC1. The quantitative estimate of drug-likeness (QED) is 0.656. The topological polar surface area (TPSA) is 43.1 Å². The smallest absolute Gasteiger partial charge is 0.143 e. The zero-order chi connectivity index (χ0) is 9.40. The van der Waals surface area contributed by atoms with E-state index in [-0.39, 0.29) is 12.3 Å². The fourth-order valence-electron chi connectivity index (χ4n) is 1.31. The monoisotopic (exact) mass is 171 g/mol. The van der Waals surface area contributed by atoms with Crippen molar-refractivity contribution in [1.29, 1.82) is 0 Å². The summed E-state index contributed by atoms with van der Waals surface area (Å²) in [6, 6.07) is 0. The molecule has 0 aromatic rings. The van der Waals surface area contributed by atoms with Gasteiger partial charge in [0.05, 0.1) is 6.54 Å². The van der Waals surface area contributed by atoms with Crippen LogP contribution in [0.15, 0.2) is 0 Å². The largest absolute Gasteiger partial charge is 0.324 e. The van der Waals surface area contributed by atoms with E-state index in [1.165, 1.54) is 39.0 Å². The lowest BCUT2D eigenvalue weighted by Gasteiger charge is -2.15. The van der Waals surface area contributed by atoms with Gasteiger partial charge in [-0.2, -0.15) is 0 Å². The third-order valence-corrected chi connectivity index (χ3v) is 2.18. The molecule has 0 aromatic carbocycles. The highest BCUT2D eigenvalue weighted by Crippen LogP contribution is 2.21. The Kier molecular flexibility index (Phi) is 7.06. The molecule has 72 valence electrons. The van der Waals surface area contributed by atoms with Crippen LogP contribution >= 0.6 is 0 Å². The molecule has 1 aliphatic rings. The van der Waals surface area contributed by atoms with Crippen molar-refractivity contribution in [3.63, 3.8) is 0 Å².